The zero-order valence-corrected chi connectivity index (χ0v) is 9.06. The Hall–Kier alpha value is -0.0300. The molecule has 0 aliphatic heterocycles. The summed E-state index contributed by atoms with van der Waals surface area (Å²) < 4.78 is 20.6. The molecule has 1 aliphatic carbocycles. The summed E-state index contributed by atoms with van der Waals surface area (Å²) in [5, 5.41) is 0. The molecule has 0 heterocycles. The fourth-order valence-corrected chi connectivity index (χ4v) is 1.07. The SMILES string of the molecule is NC1=CCC(=S(=O)=O)C=C1.[H-].[Na+]. The number of rotatable bonds is 0. The minimum Gasteiger partial charge on any atom is -1.00 e. The topological polar surface area (TPSA) is 60.2 Å². The minimum absolute atomic E-state index is 0. The first kappa shape index (κ1) is 11.0. The van der Waals surface area contributed by atoms with Crippen molar-refractivity contribution in [1.29, 1.82) is 0 Å². The van der Waals surface area contributed by atoms with Crippen molar-refractivity contribution in [2.45, 2.75) is 6.42 Å². The summed E-state index contributed by atoms with van der Waals surface area (Å²) in [5.41, 5.74) is 5.98. The third-order valence-corrected chi connectivity index (χ3v) is 1.95. The molecule has 3 nitrogen and oxygen atoms in total. The predicted molar refractivity (Wildman–Crippen MR) is 41.1 cm³/mol. The molecule has 2 N–H and O–H groups in total. The molecule has 0 fully saturated rings. The molecule has 0 atom stereocenters. The van der Waals surface area contributed by atoms with Gasteiger partial charge in [0.2, 0.25) is 10.3 Å². The second-order valence-corrected chi connectivity index (χ2v) is 2.94. The Morgan fingerprint density at radius 2 is 2.09 bits per heavy atom. The average Bonchev–Trinajstić information content (AvgIpc) is 1.88. The quantitative estimate of drug-likeness (QED) is 0.319. The third kappa shape index (κ3) is 3.25. The van der Waals surface area contributed by atoms with Crippen molar-refractivity contribution in [2.24, 2.45) is 5.73 Å². The maximum Gasteiger partial charge on any atom is 1.00 e. The number of allylic oxidation sites excluding steroid dienone is 3. The summed E-state index contributed by atoms with van der Waals surface area (Å²) in [7, 11) is -2.09. The monoisotopic (exact) mass is 181 g/mol. The number of nitrogens with two attached hydrogens (primary N) is 1. The molecule has 0 radical (unpaired) electrons. The standard InChI is InChI=1S/C6H7NO2S.Na.H/c7-5-1-3-6(4-2-5)10(8)9;;/h1-3H,4,7H2;;/q;+1;-1. The van der Waals surface area contributed by atoms with Gasteiger partial charge in [0.05, 0.1) is 4.86 Å². The fraction of sp³-hybridized carbons (Fsp3) is 0.167. The Labute approximate surface area is 90.3 Å². The second kappa shape index (κ2) is 4.77. The van der Waals surface area contributed by atoms with Crippen LogP contribution in [0.3, 0.4) is 0 Å². The smallest absolute Gasteiger partial charge is 1.00 e. The summed E-state index contributed by atoms with van der Waals surface area (Å²) in [4.78, 5) is 0.384. The largest absolute Gasteiger partial charge is 1.00 e. The molecule has 11 heavy (non-hydrogen) atoms. The number of hydrogen-bond acceptors (Lipinski definition) is 3. The van der Waals surface area contributed by atoms with Gasteiger partial charge in [0, 0.05) is 12.1 Å². The van der Waals surface area contributed by atoms with E-state index in [9.17, 15) is 8.42 Å². The van der Waals surface area contributed by atoms with E-state index in [0.717, 1.165) is 0 Å². The van der Waals surface area contributed by atoms with E-state index < -0.39 is 10.3 Å². The van der Waals surface area contributed by atoms with Crippen LogP contribution in [0, 0.1) is 0 Å². The first-order valence-electron chi connectivity index (χ1n) is 2.79. The zero-order valence-electron chi connectivity index (χ0n) is 7.24. The maximum absolute atomic E-state index is 10.3. The molecule has 0 amide bonds. The van der Waals surface area contributed by atoms with Crippen LogP contribution >= 0.6 is 0 Å². The molecule has 0 aromatic heterocycles. The zero-order chi connectivity index (χ0) is 7.56. The Balaban J connectivity index is 0. The van der Waals surface area contributed by atoms with Gasteiger partial charge in [-0.3, -0.25) is 0 Å². The molecular formula is C6H8NNaO2S. The van der Waals surface area contributed by atoms with E-state index in [1.165, 1.54) is 6.08 Å². The van der Waals surface area contributed by atoms with Crippen molar-refractivity contribution in [2.75, 3.05) is 0 Å². The second-order valence-electron chi connectivity index (χ2n) is 1.94. The van der Waals surface area contributed by atoms with E-state index in [0.29, 0.717) is 17.0 Å². The summed E-state index contributed by atoms with van der Waals surface area (Å²) in [6.07, 6.45) is 5.18. The fourth-order valence-electron chi connectivity index (χ4n) is 0.667. The first-order chi connectivity index (χ1) is 4.70. The van der Waals surface area contributed by atoms with Crippen LogP contribution in [0.5, 0.6) is 0 Å². The van der Waals surface area contributed by atoms with Gasteiger partial charge in [0.1, 0.15) is 0 Å². The van der Waals surface area contributed by atoms with Gasteiger partial charge in [0.15, 0.2) is 0 Å². The van der Waals surface area contributed by atoms with Crippen LogP contribution in [0.1, 0.15) is 7.85 Å². The van der Waals surface area contributed by atoms with Gasteiger partial charge >= 0.3 is 29.6 Å². The van der Waals surface area contributed by atoms with E-state index in [1.807, 2.05) is 0 Å². The molecule has 0 aromatic carbocycles. The molecule has 1 rings (SSSR count). The van der Waals surface area contributed by atoms with E-state index in [4.69, 9.17) is 5.73 Å². The first-order valence-corrected chi connectivity index (χ1v) is 3.86. The van der Waals surface area contributed by atoms with Crippen LogP contribution < -0.4 is 35.3 Å². The van der Waals surface area contributed by atoms with Crippen LogP contribution in [0.15, 0.2) is 23.9 Å². The molecule has 0 saturated heterocycles. The Morgan fingerprint density at radius 1 is 1.45 bits per heavy atom. The molecule has 56 valence electrons. The average molecular weight is 181 g/mol. The summed E-state index contributed by atoms with van der Waals surface area (Å²) in [5.74, 6) is 0. The van der Waals surface area contributed by atoms with Crippen LogP contribution in [0.25, 0.3) is 0 Å². The molecule has 5 heteroatoms. The van der Waals surface area contributed by atoms with Gasteiger partial charge in [0.25, 0.3) is 0 Å². The van der Waals surface area contributed by atoms with Crippen molar-refractivity contribution in [3.63, 3.8) is 0 Å². The van der Waals surface area contributed by atoms with Crippen molar-refractivity contribution in [3.8, 4) is 0 Å². The summed E-state index contributed by atoms with van der Waals surface area (Å²) in [6.45, 7) is 0. The molecule has 0 bridgehead atoms. The Morgan fingerprint density at radius 3 is 2.45 bits per heavy atom. The Kier molecular flexibility index (Phi) is 4.76. The van der Waals surface area contributed by atoms with E-state index in [-0.39, 0.29) is 31.0 Å². The van der Waals surface area contributed by atoms with Crippen LogP contribution in [0.2, 0.25) is 0 Å². The van der Waals surface area contributed by atoms with Gasteiger partial charge in [-0.15, -0.1) is 0 Å². The van der Waals surface area contributed by atoms with Crippen molar-refractivity contribution >= 4 is 15.2 Å². The van der Waals surface area contributed by atoms with Crippen molar-refractivity contribution < 1.29 is 39.4 Å². The van der Waals surface area contributed by atoms with E-state index >= 15 is 0 Å². The third-order valence-electron chi connectivity index (χ3n) is 1.21. The molecule has 1 aliphatic rings. The number of hydrogen-bond donors (Lipinski definition) is 1. The molecule has 0 saturated carbocycles. The van der Waals surface area contributed by atoms with Crippen molar-refractivity contribution in [3.05, 3.63) is 23.9 Å². The van der Waals surface area contributed by atoms with Crippen LogP contribution in [-0.4, -0.2) is 13.3 Å². The molecular weight excluding hydrogens is 173 g/mol. The summed E-state index contributed by atoms with van der Waals surface area (Å²) in [6, 6.07) is 0. The molecule has 0 unspecified atom stereocenters. The minimum atomic E-state index is -2.09. The van der Waals surface area contributed by atoms with Gasteiger partial charge in [-0.25, -0.2) is 0 Å². The van der Waals surface area contributed by atoms with E-state index in [2.05, 4.69) is 0 Å². The van der Waals surface area contributed by atoms with E-state index in [1.54, 1.807) is 12.2 Å². The van der Waals surface area contributed by atoms with Gasteiger partial charge in [-0.1, -0.05) is 6.08 Å². The van der Waals surface area contributed by atoms with Crippen LogP contribution in [-0.2, 0) is 10.3 Å². The Bertz CT molecular complexity index is 323. The maximum atomic E-state index is 10.3. The van der Waals surface area contributed by atoms with Crippen molar-refractivity contribution in [1.82, 2.24) is 0 Å². The molecule has 0 spiro atoms. The van der Waals surface area contributed by atoms with Gasteiger partial charge in [-0.2, -0.15) is 8.42 Å². The van der Waals surface area contributed by atoms with Crippen LogP contribution in [0.4, 0.5) is 0 Å². The molecule has 0 aromatic rings. The predicted octanol–water partition coefficient (Wildman–Crippen LogP) is -3.04. The van der Waals surface area contributed by atoms with Gasteiger partial charge < -0.3 is 7.16 Å². The van der Waals surface area contributed by atoms with Gasteiger partial charge in [-0.05, 0) is 12.2 Å². The summed E-state index contributed by atoms with van der Waals surface area (Å²) >= 11 is 0. The normalized spacial score (nSPS) is 15.3.